The number of thiazole rings is 1. The maximum atomic E-state index is 5.45. The molecule has 0 fully saturated rings. The van der Waals surface area contributed by atoms with Gasteiger partial charge in [-0.25, -0.2) is 4.98 Å². The molecular formula is C11H15N3S. The summed E-state index contributed by atoms with van der Waals surface area (Å²) in [5.41, 5.74) is 6.47. The molecule has 2 heterocycles. The van der Waals surface area contributed by atoms with Gasteiger partial charge in [0.25, 0.3) is 0 Å². The predicted octanol–water partition coefficient (Wildman–Crippen LogP) is 2.36. The third kappa shape index (κ3) is 2.73. The number of aromatic nitrogens is 2. The molecule has 2 aromatic rings. The summed E-state index contributed by atoms with van der Waals surface area (Å²) in [6.45, 7) is 0.795. The van der Waals surface area contributed by atoms with Gasteiger partial charge in [-0.05, 0) is 31.9 Å². The number of hydrogen-bond acceptors (Lipinski definition) is 4. The van der Waals surface area contributed by atoms with Crippen molar-refractivity contribution in [1.29, 1.82) is 0 Å². The summed E-state index contributed by atoms with van der Waals surface area (Å²) in [5.74, 6) is 0. The highest BCUT2D eigenvalue weighted by Crippen LogP contribution is 2.21. The third-order valence-corrected chi connectivity index (χ3v) is 3.43. The van der Waals surface area contributed by atoms with Gasteiger partial charge in [-0.2, -0.15) is 0 Å². The van der Waals surface area contributed by atoms with E-state index in [0.29, 0.717) is 0 Å². The van der Waals surface area contributed by atoms with Crippen molar-refractivity contribution in [2.75, 3.05) is 6.54 Å². The van der Waals surface area contributed by atoms with Crippen molar-refractivity contribution in [2.45, 2.75) is 25.7 Å². The molecule has 0 saturated carbocycles. The van der Waals surface area contributed by atoms with E-state index in [2.05, 4.69) is 9.97 Å². The molecule has 0 spiro atoms. The lowest BCUT2D eigenvalue weighted by Gasteiger charge is -1.95. The zero-order chi connectivity index (χ0) is 10.5. The third-order valence-electron chi connectivity index (χ3n) is 2.33. The summed E-state index contributed by atoms with van der Waals surface area (Å²) in [5, 5.41) is 1.22. The van der Waals surface area contributed by atoms with E-state index in [1.807, 2.05) is 18.5 Å². The van der Waals surface area contributed by atoms with Gasteiger partial charge in [-0.15, -0.1) is 11.3 Å². The van der Waals surface area contributed by atoms with Crippen LogP contribution in [-0.2, 0) is 6.42 Å². The van der Waals surface area contributed by atoms with E-state index in [9.17, 15) is 0 Å². The molecule has 2 aromatic heterocycles. The second kappa shape index (κ2) is 5.19. The molecule has 0 bridgehead atoms. The van der Waals surface area contributed by atoms with Gasteiger partial charge in [0.1, 0.15) is 0 Å². The largest absolute Gasteiger partial charge is 0.330 e. The Morgan fingerprint density at radius 2 is 2.20 bits per heavy atom. The van der Waals surface area contributed by atoms with E-state index in [1.54, 1.807) is 11.3 Å². The van der Waals surface area contributed by atoms with Gasteiger partial charge in [-0.3, -0.25) is 4.98 Å². The molecule has 0 saturated heterocycles. The SMILES string of the molecule is NCCCCCc1nc2cnccc2s1. The molecule has 0 aliphatic rings. The average molecular weight is 221 g/mol. The molecule has 3 nitrogen and oxygen atoms in total. The lowest BCUT2D eigenvalue weighted by Crippen LogP contribution is -1.98. The summed E-state index contributed by atoms with van der Waals surface area (Å²) >= 11 is 1.77. The normalized spacial score (nSPS) is 11.0. The zero-order valence-electron chi connectivity index (χ0n) is 8.65. The molecule has 0 radical (unpaired) electrons. The average Bonchev–Trinajstić information content (AvgIpc) is 2.67. The van der Waals surface area contributed by atoms with Crippen LogP contribution in [0.1, 0.15) is 24.3 Å². The number of aryl methyl sites for hydroxylation is 1. The molecule has 4 heteroatoms. The lowest BCUT2D eigenvalue weighted by molar-refractivity contribution is 0.685. The predicted molar refractivity (Wildman–Crippen MR) is 64.0 cm³/mol. The minimum absolute atomic E-state index is 0.795. The number of hydrogen-bond donors (Lipinski definition) is 1. The Bertz CT molecular complexity index is 391. The fraction of sp³-hybridized carbons (Fsp3) is 0.455. The molecule has 80 valence electrons. The van der Waals surface area contributed by atoms with Gasteiger partial charge in [0, 0.05) is 6.20 Å². The quantitative estimate of drug-likeness (QED) is 0.789. The molecule has 2 N–H and O–H groups in total. The first-order chi connectivity index (χ1) is 7.40. The molecule has 0 aromatic carbocycles. The van der Waals surface area contributed by atoms with Crippen LogP contribution in [0.5, 0.6) is 0 Å². The smallest absolute Gasteiger partial charge is 0.0998 e. The van der Waals surface area contributed by atoms with E-state index < -0.39 is 0 Å². The Hall–Kier alpha value is -1.00. The first kappa shape index (κ1) is 10.5. The molecule has 0 aliphatic heterocycles. The molecule has 2 rings (SSSR count). The van der Waals surface area contributed by atoms with Crippen LogP contribution in [0.3, 0.4) is 0 Å². The standard InChI is InChI=1S/C11H15N3S/c12-6-3-1-2-4-11-14-9-8-13-7-5-10(9)15-11/h5,7-8H,1-4,6,12H2. The Labute approximate surface area is 93.4 Å². The maximum absolute atomic E-state index is 5.45. The van der Waals surface area contributed by atoms with E-state index in [0.717, 1.165) is 24.9 Å². The summed E-state index contributed by atoms with van der Waals surface area (Å²) in [7, 11) is 0. The monoisotopic (exact) mass is 221 g/mol. The number of nitrogens with two attached hydrogens (primary N) is 1. The van der Waals surface area contributed by atoms with Crippen molar-refractivity contribution >= 4 is 21.6 Å². The minimum atomic E-state index is 0.795. The van der Waals surface area contributed by atoms with E-state index in [1.165, 1.54) is 22.5 Å². The Balaban J connectivity index is 1.97. The first-order valence-corrected chi connectivity index (χ1v) is 6.11. The zero-order valence-corrected chi connectivity index (χ0v) is 9.46. The van der Waals surface area contributed by atoms with Crippen LogP contribution in [0, 0.1) is 0 Å². The van der Waals surface area contributed by atoms with E-state index in [-0.39, 0.29) is 0 Å². The highest BCUT2D eigenvalue weighted by molar-refractivity contribution is 7.18. The van der Waals surface area contributed by atoms with Gasteiger partial charge in [0.05, 0.1) is 21.4 Å². The van der Waals surface area contributed by atoms with Crippen LogP contribution in [0.25, 0.3) is 10.2 Å². The molecule has 0 aliphatic carbocycles. The van der Waals surface area contributed by atoms with Crippen molar-refractivity contribution in [2.24, 2.45) is 5.73 Å². The molecule has 0 atom stereocenters. The minimum Gasteiger partial charge on any atom is -0.330 e. The van der Waals surface area contributed by atoms with Crippen LogP contribution in [0.15, 0.2) is 18.5 Å². The molecule has 15 heavy (non-hydrogen) atoms. The highest BCUT2D eigenvalue weighted by Gasteiger charge is 2.02. The molecular weight excluding hydrogens is 206 g/mol. The summed E-state index contributed by atoms with van der Waals surface area (Å²) in [4.78, 5) is 8.60. The lowest BCUT2D eigenvalue weighted by atomic mass is 10.2. The summed E-state index contributed by atoms with van der Waals surface area (Å²) in [6.07, 6.45) is 8.22. The number of nitrogens with zero attached hydrogens (tertiary/aromatic N) is 2. The van der Waals surface area contributed by atoms with Crippen LogP contribution in [0.2, 0.25) is 0 Å². The Morgan fingerprint density at radius 1 is 1.27 bits per heavy atom. The topological polar surface area (TPSA) is 51.8 Å². The van der Waals surface area contributed by atoms with Crippen LogP contribution in [0.4, 0.5) is 0 Å². The number of fused-ring (bicyclic) bond motifs is 1. The van der Waals surface area contributed by atoms with Gasteiger partial charge in [0.15, 0.2) is 0 Å². The van der Waals surface area contributed by atoms with Crippen molar-refractivity contribution in [1.82, 2.24) is 9.97 Å². The van der Waals surface area contributed by atoms with Crippen LogP contribution in [-0.4, -0.2) is 16.5 Å². The van der Waals surface area contributed by atoms with Crippen LogP contribution >= 0.6 is 11.3 Å². The van der Waals surface area contributed by atoms with Crippen molar-refractivity contribution < 1.29 is 0 Å². The van der Waals surface area contributed by atoms with E-state index >= 15 is 0 Å². The Morgan fingerprint density at radius 3 is 3.00 bits per heavy atom. The van der Waals surface area contributed by atoms with Gasteiger partial charge < -0.3 is 5.73 Å². The second-order valence-electron chi connectivity index (χ2n) is 3.55. The van der Waals surface area contributed by atoms with Crippen molar-refractivity contribution in [3.8, 4) is 0 Å². The summed E-state index contributed by atoms with van der Waals surface area (Å²) in [6, 6.07) is 2.02. The van der Waals surface area contributed by atoms with Gasteiger partial charge in [0.2, 0.25) is 0 Å². The Kier molecular flexibility index (Phi) is 3.64. The highest BCUT2D eigenvalue weighted by atomic mass is 32.1. The molecule has 0 unspecified atom stereocenters. The van der Waals surface area contributed by atoms with Crippen molar-refractivity contribution in [3.05, 3.63) is 23.5 Å². The fourth-order valence-corrected chi connectivity index (χ4v) is 2.51. The number of unbranched alkanes of at least 4 members (excludes halogenated alkanes) is 2. The fourth-order valence-electron chi connectivity index (χ4n) is 1.53. The van der Waals surface area contributed by atoms with Crippen LogP contribution < -0.4 is 5.73 Å². The molecule has 0 amide bonds. The van der Waals surface area contributed by atoms with Gasteiger partial charge in [-0.1, -0.05) is 6.42 Å². The first-order valence-electron chi connectivity index (χ1n) is 5.29. The van der Waals surface area contributed by atoms with E-state index in [4.69, 9.17) is 5.73 Å². The van der Waals surface area contributed by atoms with Gasteiger partial charge >= 0.3 is 0 Å². The number of pyridine rings is 1. The van der Waals surface area contributed by atoms with Crippen molar-refractivity contribution in [3.63, 3.8) is 0 Å². The number of rotatable bonds is 5. The second-order valence-corrected chi connectivity index (χ2v) is 4.67. The maximum Gasteiger partial charge on any atom is 0.0998 e. The summed E-state index contributed by atoms with van der Waals surface area (Å²) < 4.78 is 1.24.